The molecule has 4 nitrogen and oxygen atoms in total. The van der Waals surface area contributed by atoms with Gasteiger partial charge in [0.05, 0.1) is 0 Å². The smallest absolute Gasteiger partial charge is 0.222 e. The van der Waals surface area contributed by atoms with Gasteiger partial charge in [0.25, 0.3) is 0 Å². The van der Waals surface area contributed by atoms with Gasteiger partial charge < -0.3 is 10.6 Å². The van der Waals surface area contributed by atoms with E-state index in [4.69, 9.17) is 17.3 Å². The summed E-state index contributed by atoms with van der Waals surface area (Å²) < 4.78 is 13.0. The van der Waals surface area contributed by atoms with Crippen LogP contribution in [-0.4, -0.2) is 47.9 Å². The number of hydrogen-bond donors (Lipinski definition) is 1. The summed E-state index contributed by atoms with van der Waals surface area (Å²) in [5.74, 6) is -0.143. The van der Waals surface area contributed by atoms with E-state index in [-0.39, 0.29) is 42.6 Å². The molecule has 1 aliphatic rings. The van der Waals surface area contributed by atoms with E-state index in [1.54, 1.807) is 6.07 Å². The molecule has 1 aromatic rings. The zero-order valence-electron chi connectivity index (χ0n) is 13.7. The van der Waals surface area contributed by atoms with Crippen molar-refractivity contribution in [3.05, 3.63) is 34.6 Å². The number of hydrogen-bond acceptors (Lipinski definition) is 3. The van der Waals surface area contributed by atoms with Crippen molar-refractivity contribution < 1.29 is 9.18 Å². The summed E-state index contributed by atoms with van der Waals surface area (Å²) in [5.41, 5.74) is 6.60. The lowest BCUT2D eigenvalue weighted by molar-refractivity contribution is -0.133. The van der Waals surface area contributed by atoms with Gasteiger partial charge in [-0.2, -0.15) is 0 Å². The van der Waals surface area contributed by atoms with Crippen LogP contribution in [0, 0.1) is 5.82 Å². The lowest BCUT2D eigenvalue weighted by Crippen LogP contribution is -2.48. The van der Waals surface area contributed by atoms with Gasteiger partial charge in [0.15, 0.2) is 0 Å². The van der Waals surface area contributed by atoms with Gasteiger partial charge in [0.2, 0.25) is 5.91 Å². The Morgan fingerprint density at radius 3 is 2.46 bits per heavy atom. The topological polar surface area (TPSA) is 49.6 Å². The second-order valence-electron chi connectivity index (χ2n) is 5.91. The SMILES string of the molecule is CC(N)CCC(=O)N1CCN(Cc2ccc(F)cc2Cl)CC1.Cl.Cl. The molecule has 1 aromatic carbocycles. The molecular weight excluding hydrogens is 376 g/mol. The number of rotatable bonds is 5. The number of nitrogens with zero attached hydrogens (tertiary/aromatic N) is 2. The molecule has 0 aromatic heterocycles. The van der Waals surface area contributed by atoms with Crippen molar-refractivity contribution in [3.8, 4) is 0 Å². The number of carbonyl (C=O) groups excluding carboxylic acids is 1. The van der Waals surface area contributed by atoms with Crippen LogP contribution < -0.4 is 5.73 Å². The summed E-state index contributed by atoms with van der Waals surface area (Å²) in [6.07, 6.45) is 1.24. The third-order valence-corrected chi connectivity index (χ3v) is 4.30. The molecule has 24 heavy (non-hydrogen) atoms. The zero-order chi connectivity index (χ0) is 16.1. The normalized spacial score (nSPS) is 16.1. The molecule has 1 atom stereocenters. The van der Waals surface area contributed by atoms with Crippen LogP contribution in [0.1, 0.15) is 25.3 Å². The van der Waals surface area contributed by atoms with E-state index >= 15 is 0 Å². The van der Waals surface area contributed by atoms with Gasteiger partial charge in [-0.25, -0.2) is 4.39 Å². The monoisotopic (exact) mass is 399 g/mol. The first-order valence-electron chi connectivity index (χ1n) is 7.65. The minimum absolute atomic E-state index is 0. The summed E-state index contributed by atoms with van der Waals surface area (Å²) in [6.45, 7) is 5.64. The molecule has 0 spiro atoms. The first-order chi connectivity index (χ1) is 10.5. The Bertz CT molecular complexity index is 523. The highest BCUT2D eigenvalue weighted by Gasteiger charge is 2.21. The lowest BCUT2D eigenvalue weighted by atomic mass is 10.1. The van der Waals surface area contributed by atoms with Crippen LogP contribution in [0.5, 0.6) is 0 Å². The molecule has 1 aliphatic heterocycles. The third-order valence-electron chi connectivity index (χ3n) is 3.95. The highest BCUT2D eigenvalue weighted by molar-refractivity contribution is 6.31. The number of amides is 1. The van der Waals surface area contributed by atoms with Crippen LogP contribution >= 0.6 is 36.4 Å². The van der Waals surface area contributed by atoms with Gasteiger partial charge in [-0.05, 0) is 31.0 Å². The number of carbonyl (C=O) groups is 1. The van der Waals surface area contributed by atoms with Gasteiger partial charge in [-0.1, -0.05) is 17.7 Å². The molecular formula is C16H25Cl3FN3O. The van der Waals surface area contributed by atoms with Crippen molar-refractivity contribution in [2.24, 2.45) is 5.73 Å². The predicted octanol–water partition coefficient (Wildman–Crippen LogP) is 3.09. The van der Waals surface area contributed by atoms with Gasteiger partial charge in [-0.3, -0.25) is 9.69 Å². The Morgan fingerprint density at radius 1 is 1.29 bits per heavy atom. The average molecular weight is 401 g/mol. The fraction of sp³-hybridized carbons (Fsp3) is 0.562. The van der Waals surface area contributed by atoms with E-state index in [1.807, 2.05) is 11.8 Å². The third kappa shape index (κ3) is 7.11. The summed E-state index contributed by atoms with van der Waals surface area (Å²) in [5, 5.41) is 0.454. The molecule has 0 saturated carbocycles. The Balaban J connectivity index is 0.00000264. The van der Waals surface area contributed by atoms with Gasteiger partial charge in [0, 0.05) is 50.2 Å². The fourth-order valence-corrected chi connectivity index (χ4v) is 2.78. The minimum Gasteiger partial charge on any atom is -0.340 e. The molecule has 138 valence electrons. The van der Waals surface area contributed by atoms with Gasteiger partial charge in [0.1, 0.15) is 5.82 Å². The van der Waals surface area contributed by atoms with Crippen LogP contribution in [0.2, 0.25) is 5.02 Å². The molecule has 8 heteroatoms. The highest BCUT2D eigenvalue weighted by atomic mass is 35.5. The number of halogens is 4. The van der Waals surface area contributed by atoms with Crippen LogP contribution in [0.3, 0.4) is 0 Å². The van der Waals surface area contributed by atoms with Crippen LogP contribution in [0.4, 0.5) is 4.39 Å². The minimum atomic E-state index is -0.321. The van der Waals surface area contributed by atoms with E-state index < -0.39 is 0 Å². The number of nitrogens with two attached hydrogens (primary N) is 1. The first kappa shape index (κ1) is 23.4. The second kappa shape index (κ2) is 11.1. The average Bonchev–Trinajstić information content (AvgIpc) is 2.48. The highest BCUT2D eigenvalue weighted by Crippen LogP contribution is 2.19. The van der Waals surface area contributed by atoms with Crippen LogP contribution in [-0.2, 0) is 11.3 Å². The largest absolute Gasteiger partial charge is 0.340 e. The second-order valence-corrected chi connectivity index (χ2v) is 6.32. The summed E-state index contributed by atoms with van der Waals surface area (Å²) >= 11 is 6.06. The Hall–Kier alpha value is -0.590. The van der Waals surface area contributed by atoms with Crippen molar-refractivity contribution in [1.82, 2.24) is 9.80 Å². The summed E-state index contributed by atoms with van der Waals surface area (Å²) in [4.78, 5) is 16.2. The van der Waals surface area contributed by atoms with Crippen molar-refractivity contribution in [3.63, 3.8) is 0 Å². The molecule has 1 heterocycles. The summed E-state index contributed by atoms with van der Waals surface area (Å²) in [7, 11) is 0. The molecule has 2 rings (SSSR count). The molecule has 1 unspecified atom stereocenters. The number of benzene rings is 1. The van der Waals surface area contributed by atoms with Crippen molar-refractivity contribution in [2.45, 2.75) is 32.4 Å². The van der Waals surface area contributed by atoms with E-state index in [9.17, 15) is 9.18 Å². The predicted molar refractivity (Wildman–Crippen MR) is 101 cm³/mol. The van der Waals surface area contributed by atoms with Crippen molar-refractivity contribution >= 4 is 42.3 Å². The maximum absolute atomic E-state index is 13.0. The first-order valence-corrected chi connectivity index (χ1v) is 8.03. The van der Waals surface area contributed by atoms with Crippen LogP contribution in [0.15, 0.2) is 18.2 Å². The Labute approximate surface area is 160 Å². The molecule has 0 radical (unpaired) electrons. The maximum Gasteiger partial charge on any atom is 0.222 e. The lowest BCUT2D eigenvalue weighted by Gasteiger charge is -2.35. The molecule has 0 bridgehead atoms. The van der Waals surface area contributed by atoms with E-state index in [2.05, 4.69) is 4.90 Å². The summed E-state index contributed by atoms with van der Waals surface area (Å²) in [6, 6.07) is 4.54. The van der Waals surface area contributed by atoms with Crippen molar-refractivity contribution in [2.75, 3.05) is 26.2 Å². The molecule has 0 aliphatic carbocycles. The quantitative estimate of drug-likeness (QED) is 0.826. The Kier molecular flexibility index (Phi) is 10.8. The Morgan fingerprint density at radius 2 is 1.92 bits per heavy atom. The van der Waals surface area contributed by atoms with Crippen LogP contribution in [0.25, 0.3) is 0 Å². The van der Waals surface area contributed by atoms with E-state index in [0.29, 0.717) is 18.0 Å². The number of piperazine rings is 1. The van der Waals surface area contributed by atoms with Crippen molar-refractivity contribution in [1.29, 1.82) is 0 Å². The standard InChI is InChI=1S/C16H23ClFN3O.2ClH/c1-12(19)2-5-16(22)21-8-6-20(7-9-21)11-13-3-4-14(18)10-15(13)17;;/h3-4,10,12H,2,5-9,11,19H2,1H3;2*1H. The molecule has 1 amide bonds. The molecule has 1 fully saturated rings. The van der Waals surface area contributed by atoms with E-state index in [0.717, 1.165) is 38.2 Å². The van der Waals surface area contributed by atoms with Gasteiger partial charge >= 0.3 is 0 Å². The van der Waals surface area contributed by atoms with E-state index in [1.165, 1.54) is 12.1 Å². The molecule has 2 N–H and O–H groups in total. The fourth-order valence-electron chi connectivity index (χ4n) is 2.56. The maximum atomic E-state index is 13.0. The van der Waals surface area contributed by atoms with Gasteiger partial charge in [-0.15, -0.1) is 24.8 Å². The molecule has 1 saturated heterocycles. The zero-order valence-corrected chi connectivity index (χ0v) is 16.1.